The summed E-state index contributed by atoms with van der Waals surface area (Å²) in [6, 6.07) is 9.44. The minimum Gasteiger partial charge on any atom is -0.508 e. The van der Waals surface area contributed by atoms with Crippen molar-refractivity contribution in [2.75, 3.05) is 4.72 Å². The normalized spacial score (nSPS) is 11.3. The summed E-state index contributed by atoms with van der Waals surface area (Å²) >= 11 is 0. The predicted molar refractivity (Wildman–Crippen MR) is 70.1 cm³/mol. The number of nitrogens with one attached hydrogen (secondary N) is 1. The first kappa shape index (κ1) is 13.4. The molecule has 0 aromatic heterocycles. The van der Waals surface area contributed by atoms with Crippen molar-refractivity contribution in [3.05, 3.63) is 53.8 Å². The van der Waals surface area contributed by atoms with E-state index in [9.17, 15) is 17.9 Å². The molecule has 100 valence electrons. The summed E-state index contributed by atoms with van der Waals surface area (Å²) in [7, 11) is -3.93. The van der Waals surface area contributed by atoms with Gasteiger partial charge in [-0.3, -0.25) is 4.72 Å². The third kappa shape index (κ3) is 3.23. The largest absolute Gasteiger partial charge is 0.508 e. The van der Waals surface area contributed by atoms with Gasteiger partial charge in [-0.25, -0.2) is 12.8 Å². The summed E-state index contributed by atoms with van der Waals surface area (Å²) in [5.74, 6) is -1.26. The third-order valence-corrected chi connectivity index (χ3v) is 3.80. The van der Waals surface area contributed by atoms with Crippen molar-refractivity contribution in [3.63, 3.8) is 0 Å². The highest BCUT2D eigenvalue weighted by molar-refractivity contribution is 7.92. The van der Waals surface area contributed by atoms with Crippen LogP contribution in [-0.2, 0) is 10.0 Å². The van der Waals surface area contributed by atoms with E-state index >= 15 is 0 Å². The molecule has 2 aromatic carbocycles. The van der Waals surface area contributed by atoms with Gasteiger partial charge in [-0.15, -0.1) is 0 Å². The van der Waals surface area contributed by atoms with Gasteiger partial charge in [0, 0.05) is 17.8 Å². The first-order chi connectivity index (χ1) is 8.87. The molecule has 0 saturated heterocycles. The summed E-state index contributed by atoms with van der Waals surface area (Å²) in [5, 5.41) is 9.24. The lowest BCUT2D eigenvalue weighted by molar-refractivity contribution is 0.466. The van der Waals surface area contributed by atoms with Crippen molar-refractivity contribution >= 4 is 15.7 Å². The standard InChI is InChI=1S/C13H12FNO3S/c1-9-3-2-4-11(5-9)15-19(17,18)13-7-10(14)6-12(16)8-13/h2-8,15-16H,1H3. The molecule has 19 heavy (non-hydrogen) atoms. The van der Waals surface area contributed by atoms with Crippen LogP contribution in [0.4, 0.5) is 10.1 Å². The highest BCUT2D eigenvalue weighted by atomic mass is 32.2. The molecule has 2 rings (SSSR count). The Balaban J connectivity index is 2.37. The lowest BCUT2D eigenvalue weighted by Crippen LogP contribution is -2.13. The van der Waals surface area contributed by atoms with Crippen LogP contribution in [0.1, 0.15) is 5.56 Å². The van der Waals surface area contributed by atoms with Gasteiger partial charge < -0.3 is 5.11 Å². The summed E-state index contributed by atoms with van der Waals surface area (Å²) in [6.07, 6.45) is 0. The third-order valence-electron chi connectivity index (χ3n) is 2.44. The number of halogens is 1. The number of aryl methyl sites for hydroxylation is 1. The van der Waals surface area contributed by atoms with Gasteiger partial charge in [0.1, 0.15) is 11.6 Å². The fourth-order valence-corrected chi connectivity index (χ4v) is 2.72. The van der Waals surface area contributed by atoms with E-state index in [1.54, 1.807) is 18.2 Å². The first-order valence-corrected chi connectivity index (χ1v) is 6.94. The number of benzene rings is 2. The minimum absolute atomic E-state index is 0.327. The number of sulfonamides is 1. The van der Waals surface area contributed by atoms with Gasteiger partial charge in [-0.1, -0.05) is 12.1 Å². The average Bonchev–Trinajstić information content (AvgIpc) is 2.26. The topological polar surface area (TPSA) is 66.4 Å². The van der Waals surface area contributed by atoms with Gasteiger partial charge in [0.2, 0.25) is 0 Å². The molecule has 0 heterocycles. The highest BCUT2D eigenvalue weighted by Crippen LogP contribution is 2.21. The Bertz CT molecular complexity index is 693. The zero-order valence-corrected chi connectivity index (χ0v) is 10.9. The quantitative estimate of drug-likeness (QED) is 0.909. The molecular weight excluding hydrogens is 269 g/mol. The Morgan fingerprint density at radius 2 is 1.89 bits per heavy atom. The zero-order valence-electron chi connectivity index (χ0n) is 10.1. The maximum Gasteiger partial charge on any atom is 0.262 e. The van der Waals surface area contributed by atoms with E-state index in [4.69, 9.17) is 0 Å². The van der Waals surface area contributed by atoms with E-state index in [0.29, 0.717) is 5.69 Å². The van der Waals surface area contributed by atoms with E-state index < -0.39 is 21.6 Å². The second-order valence-electron chi connectivity index (χ2n) is 4.12. The molecule has 2 aromatic rings. The van der Waals surface area contributed by atoms with Gasteiger partial charge in [0.15, 0.2) is 0 Å². The van der Waals surface area contributed by atoms with Crippen LogP contribution in [0.2, 0.25) is 0 Å². The number of aromatic hydroxyl groups is 1. The van der Waals surface area contributed by atoms with Crippen molar-refractivity contribution in [3.8, 4) is 5.75 Å². The highest BCUT2D eigenvalue weighted by Gasteiger charge is 2.16. The Hall–Kier alpha value is -2.08. The van der Waals surface area contributed by atoms with Gasteiger partial charge in [-0.05, 0) is 30.7 Å². The molecule has 0 fully saturated rings. The van der Waals surface area contributed by atoms with Crippen LogP contribution < -0.4 is 4.72 Å². The SMILES string of the molecule is Cc1cccc(NS(=O)(=O)c2cc(O)cc(F)c2)c1. The monoisotopic (exact) mass is 281 g/mol. The van der Waals surface area contributed by atoms with Crippen LogP contribution >= 0.6 is 0 Å². The maximum absolute atomic E-state index is 13.1. The summed E-state index contributed by atoms with van der Waals surface area (Å²) < 4.78 is 39.5. The fourth-order valence-electron chi connectivity index (χ4n) is 1.63. The smallest absolute Gasteiger partial charge is 0.262 e. The minimum atomic E-state index is -3.93. The van der Waals surface area contributed by atoms with Gasteiger partial charge in [0.05, 0.1) is 4.90 Å². The molecule has 0 atom stereocenters. The summed E-state index contributed by atoms with van der Waals surface area (Å²) in [4.78, 5) is -0.327. The Morgan fingerprint density at radius 3 is 2.53 bits per heavy atom. The molecule has 0 aliphatic rings. The van der Waals surface area contributed by atoms with Crippen LogP contribution in [0.5, 0.6) is 5.75 Å². The molecular formula is C13H12FNO3S. The van der Waals surface area contributed by atoms with Crippen LogP contribution in [0, 0.1) is 12.7 Å². The van der Waals surface area contributed by atoms with Crippen molar-refractivity contribution < 1.29 is 17.9 Å². The molecule has 0 bridgehead atoms. The van der Waals surface area contributed by atoms with E-state index in [-0.39, 0.29) is 4.90 Å². The number of phenols is 1. The number of hydrogen-bond acceptors (Lipinski definition) is 3. The van der Waals surface area contributed by atoms with Gasteiger partial charge in [-0.2, -0.15) is 0 Å². The van der Waals surface area contributed by atoms with Crippen molar-refractivity contribution in [1.29, 1.82) is 0 Å². The lowest BCUT2D eigenvalue weighted by Gasteiger charge is -2.09. The Kier molecular flexibility index (Phi) is 3.44. The second-order valence-corrected chi connectivity index (χ2v) is 5.80. The average molecular weight is 281 g/mol. The second kappa shape index (κ2) is 4.89. The molecule has 0 unspecified atom stereocenters. The van der Waals surface area contributed by atoms with Crippen molar-refractivity contribution in [2.24, 2.45) is 0 Å². The molecule has 0 radical (unpaired) electrons. The van der Waals surface area contributed by atoms with Crippen LogP contribution in [0.3, 0.4) is 0 Å². The number of phenolic OH excluding ortho intramolecular Hbond substituents is 1. The Labute approximate surface area is 110 Å². The molecule has 4 nitrogen and oxygen atoms in total. The molecule has 2 N–H and O–H groups in total. The maximum atomic E-state index is 13.1. The molecule has 0 aliphatic carbocycles. The number of hydrogen-bond donors (Lipinski definition) is 2. The van der Waals surface area contributed by atoms with Gasteiger partial charge in [0.25, 0.3) is 10.0 Å². The molecule has 0 spiro atoms. The van der Waals surface area contributed by atoms with Crippen molar-refractivity contribution in [1.82, 2.24) is 0 Å². The lowest BCUT2D eigenvalue weighted by atomic mass is 10.2. The molecule has 0 amide bonds. The first-order valence-electron chi connectivity index (χ1n) is 5.46. The zero-order chi connectivity index (χ0) is 14.0. The van der Waals surface area contributed by atoms with E-state index in [1.165, 1.54) is 0 Å². The van der Waals surface area contributed by atoms with Crippen molar-refractivity contribution in [2.45, 2.75) is 11.8 Å². The molecule has 6 heteroatoms. The van der Waals surface area contributed by atoms with E-state index in [2.05, 4.69) is 4.72 Å². The molecule has 0 aliphatic heterocycles. The fraction of sp³-hybridized carbons (Fsp3) is 0.0769. The summed E-state index contributed by atoms with van der Waals surface area (Å²) in [5.41, 5.74) is 1.27. The van der Waals surface area contributed by atoms with E-state index in [1.807, 2.05) is 13.0 Å². The van der Waals surface area contributed by atoms with Gasteiger partial charge >= 0.3 is 0 Å². The molecule has 0 saturated carbocycles. The number of anilines is 1. The van der Waals surface area contributed by atoms with Crippen LogP contribution in [0.15, 0.2) is 47.4 Å². The van der Waals surface area contributed by atoms with Crippen LogP contribution in [-0.4, -0.2) is 13.5 Å². The Morgan fingerprint density at radius 1 is 1.16 bits per heavy atom. The van der Waals surface area contributed by atoms with E-state index in [0.717, 1.165) is 23.8 Å². The summed E-state index contributed by atoms with van der Waals surface area (Å²) in [6.45, 7) is 1.83. The number of rotatable bonds is 3. The predicted octanol–water partition coefficient (Wildman–Crippen LogP) is 2.64. The van der Waals surface area contributed by atoms with Crippen LogP contribution in [0.25, 0.3) is 0 Å².